The molecule has 0 aliphatic heterocycles. The molecule has 172 valence electrons. The average molecular weight is 472 g/mol. The number of carbonyl (C=O) groups excluding carboxylic acids is 1. The van der Waals surface area contributed by atoms with Crippen LogP contribution < -0.4 is 10.2 Å². The van der Waals surface area contributed by atoms with Gasteiger partial charge in [0.15, 0.2) is 11.0 Å². The first kappa shape index (κ1) is 23.3. The number of nitrogens with zero attached hydrogens (tertiary/aromatic N) is 4. The number of aromatic nitrogens is 3. The summed E-state index contributed by atoms with van der Waals surface area (Å²) < 4.78 is 7.26. The Labute approximate surface area is 202 Å². The lowest BCUT2D eigenvalue weighted by Crippen LogP contribution is -2.20. The van der Waals surface area contributed by atoms with Crippen LogP contribution in [0, 0.1) is 13.8 Å². The van der Waals surface area contributed by atoms with E-state index in [4.69, 9.17) is 4.74 Å². The van der Waals surface area contributed by atoms with Gasteiger partial charge in [-0.2, -0.15) is 5.10 Å². The number of hydrogen-bond acceptors (Lipinski definition) is 6. The highest BCUT2D eigenvalue weighted by Gasteiger charge is 2.17. The summed E-state index contributed by atoms with van der Waals surface area (Å²) >= 11 is 1.31. The standard InChI is InChI=1S/C26H25N5O2S/c1-18-8-12-20(13-9-18)25-29-30-26(31(25)22-14-10-19(2)11-15-22)34-17-24(32)28-27-16-21-6-4-5-7-23(21)33-3/h4-16H,17H2,1-3H3,(H,28,32)/b27-16+. The van der Waals surface area contributed by atoms with E-state index in [1.165, 1.54) is 17.3 Å². The minimum atomic E-state index is -0.244. The van der Waals surface area contributed by atoms with Crippen molar-refractivity contribution in [2.45, 2.75) is 19.0 Å². The van der Waals surface area contributed by atoms with E-state index in [-0.39, 0.29) is 11.7 Å². The van der Waals surface area contributed by atoms with Gasteiger partial charge in [-0.15, -0.1) is 10.2 Å². The van der Waals surface area contributed by atoms with Crippen molar-refractivity contribution >= 4 is 23.9 Å². The van der Waals surface area contributed by atoms with Crippen molar-refractivity contribution in [1.82, 2.24) is 20.2 Å². The Morgan fingerprint density at radius 2 is 1.68 bits per heavy atom. The molecule has 0 saturated heterocycles. The molecule has 1 amide bonds. The molecule has 1 N–H and O–H groups in total. The fourth-order valence-electron chi connectivity index (χ4n) is 3.29. The van der Waals surface area contributed by atoms with E-state index < -0.39 is 0 Å². The molecule has 0 saturated carbocycles. The number of benzene rings is 3. The van der Waals surface area contributed by atoms with Gasteiger partial charge in [0.25, 0.3) is 5.91 Å². The normalized spacial score (nSPS) is 11.0. The molecule has 8 heteroatoms. The number of nitrogens with one attached hydrogen (secondary N) is 1. The summed E-state index contributed by atoms with van der Waals surface area (Å²) in [6.45, 7) is 4.09. The lowest BCUT2D eigenvalue weighted by Gasteiger charge is -2.11. The molecule has 4 rings (SSSR count). The Morgan fingerprint density at radius 3 is 2.38 bits per heavy atom. The lowest BCUT2D eigenvalue weighted by molar-refractivity contribution is -0.118. The number of thioether (sulfide) groups is 1. The topological polar surface area (TPSA) is 81.4 Å². The van der Waals surface area contributed by atoms with Crippen molar-refractivity contribution in [3.05, 3.63) is 89.5 Å². The maximum Gasteiger partial charge on any atom is 0.250 e. The lowest BCUT2D eigenvalue weighted by atomic mass is 10.1. The second kappa shape index (κ2) is 10.8. The zero-order valence-corrected chi connectivity index (χ0v) is 20.0. The van der Waals surface area contributed by atoms with E-state index in [0.717, 1.165) is 28.2 Å². The van der Waals surface area contributed by atoms with E-state index in [1.54, 1.807) is 13.3 Å². The van der Waals surface area contributed by atoms with Crippen LogP contribution in [0.2, 0.25) is 0 Å². The van der Waals surface area contributed by atoms with Crippen molar-refractivity contribution < 1.29 is 9.53 Å². The van der Waals surface area contributed by atoms with Crippen LogP contribution in [0.15, 0.2) is 83.1 Å². The van der Waals surface area contributed by atoms with Gasteiger partial charge in [0.05, 0.1) is 19.1 Å². The van der Waals surface area contributed by atoms with Crippen LogP contribution in [-0.4, -0.2) is 39.7 Å². The number of methoxy groups -OCH3 is 1. The molecule has 0 bridgehead atoms. The van der Waals surface area contributed by atoms with Gasteiger partial charge >= 0.3 is 0 Å². The largest absolute Gasteiger partial charge is 0.496 e. The second-order valence-corrected chi connectivity index (χ2v) is 8.61. The number of ether oxygens (including phenoxy) is 1. The molecule has 0 aliphatic carbocycles. The van der Waals surface area contributed by atoms with Gasteiger partial charge in [0.1, 0.15) is 5.75 Å². The van der Waals surface area contributed by atoms with Crippen LogP contribution in [0.5, 0.6) is 5.75 Å². The van der Waals surface area contributed by atoms with E-state index in [2.05, 4.69) is 20.7 Å². The number of hydrogen-bond donors (Lipinski definition) is 1. The molecule has 3 aromatic carbocycles. The molecule has 0 radical (unpaired) electrons. The highest BCUT2D eigenvalue weighted by atomic mass is 32.2. The number of aryl methyl sites for hydroxylation is 2. The van der Waals surface area contributed by atoms with Gasteiger partial charge in [0.2, 0.25) is 0 Å². The fraction of sp³-hybridized carbons (Fsp3) is 0.154. The third-order valence-electron chi connectivity index (χ3n) is 5.10. The van der Waals surface area contributed by atoms with Gasteiger partial charge in [-0.1, -0.05) is 71.4 Å². The van der Waals surface area contributed by atoms with Crippen molar-refractivity contribution in [3.63, 3.8) is 0 Å². The maximum atomic E-state index is 12.4. The fourth-order valence-corrected chi connectivity index (χ4v) is 4.03. The van der Waals surface area contributed by atoms with Crippen LogP contribution in [-0.2, 0) is 4.79 Å². The molecule has 1 heterocycles. The first-order chi connectivity index (χ1) is 16.5. The highest BCUT2D eigenvalue weighted by molar-refractivity contribution is 7.99. The van der Waals surface area contributed by atoms with Crippen LogP contribution in [0.25, 0.3) is 17.1 Å². The Hall–Kier alpha value is -3.91. The summed E-state index contributed by atoms with van der Waals surface area (Å²) in [4.78, 5) is 12.4. The maximum absolute atomic E-state index is 12.4. The van der Waals surface area contributed by atoms with E-state index in [9.17, 15) is 4.79 Å². The van der Waals surface area contributed by atoms with Gasteiger partial charge in [-0.05, 0) is 38.1 Å². The highest BCUT2D eigenvalue weighted by Crippen LogP contribution is 2.28. The monoisotopic (exact) mass is 471 g/mol. The second-order valence-electron chi connectivity index (χ2n) is 7.67. The molecular formula is C26H25N5O2S. The Morgan fingerprint density at radius 1 is 1.00 bits per heavy atom. The first-order valence-electron chi connectivity index (χ1n) is 10.7. The van der Waals surface area contributed by atoms with Gasteiger partial charge < -0.3 is 4.74 Å². The SMILES string of the molecule is COc1ccccc1/C=N/NC(=O)CSc1nnc(-c2ccc(C)cc2)n1-c1ccc(C)cc1. The molecule has 0 spiro atoms. The van der Waals surface area contributed by atoms with Crippen molar-refractivity contribution in [1.29, 1.82) is 0 Å². The van der Waals surface area contributed by atoms with E-state index in [0.29, 0.717) is 10.9 Å². The zero-order chi connectivity index (χ0) is 23.9. The number of rotatable bonds is 8. The van der Waals surface area contributed by atoms with Gasteiger partial charge in [0, 0.05) is 16.8 Å². The molecule has 0 atom stereocenters. The molecule has 1 aromatic heterocycles. The summed E-state index contributed by atoms with van der Waals surface area (Å²) in [7, 11) is 1.59. The van der Waals surface area contributed by atoms with E-state index in [1.807, 2.05) is 91.2 Å². The summed E-state index contributed by atoms with van der Waals surface area (Å²) in [5, 5.41) is 13.5. The predicted octanol–water partition coefficient (Wildman–Crippen LogP) is 4.80. The molecule has 34 heavy (non-hydrogen) atoms. The summed E-state index contributed by atoms with van der Waals surface area (Å²) in [5.41, 5.74) is 7.56. The minimum absolute atomic E-state index is 0.140. The quantitative estimate of drug-likeness (QED) is 0.227. The minimum Gasteiger partial charge on any atom is -0.496 e. The number of amides is 1. The molecule has 0 fully saturated rings. The first-order valence-corrected chi connectivity index (χ1v) is 11.7. The number of hydrazone groups is 1. The number of carbonyl (C=O) groups is 1. The van der Waals surface area contributed by atoms with Crippen molar-refractivity contribution in [3.8, 4) is 22.8 Å². The molecule has 0 unspecified atom stereocenters. The van der Waals surface area contributed by atoms with Gasteiger partial charge in [-0.3, -0.25) is 9.36 Å². The van der Waals surface area contributed by atoms with Crippen LogP contribution >= 0.6 is 11.8 Å². The smallest absolute Gasteiger partial charge is 0.250 e. The molecular weight excluding hydrogens is 446 g/mol. The summed E-state index contributed by atoms with van der Waals surface area (Å²) in [6.07, 6.45) is 1.56. The molecule has 0 aliphatic rings. The summed E-state index contributed by atoms with van der Waals surface area (Å²) in [5.74, 6) is 1.30. The van der Waals surface area contributed by atoms with Crippen molar-refractivity contribution in [2.75, 3.05) is 12.9 Å². The van der Waals surface area contributed by atoms with Gasteiger partial charge in [-0.25, -0.2) is 5.43 Å². The number of para-hydroxylation sites is 1. The zero-order valence-electron chi connectivity index (χ0n) is 19.2. The van der Waals surface area contributed by atoms with Crippen LogP contribution in [0.4, 0.5) is 0 Å². The van der Waals surface area contributed by atoms with E-state index >= 15 is 0 Å². The van der Waals surface area contributed by atoms with Crippen molar-refractivity contribution in [2.24, 2.45) is 5.10 Å². The molecule has 7 nitrogen and oxygen atoms in total. The third-order valence-corrected chi connectivity index (χ3v) is 6.03. The Kier molecular flexibility index (Phi) is 7.39. The average Bonchev–Trinajstić information content (AvgIpc) is 3.28. The third kappa shape index (κ3) is 5.52. The Bertz CT molecular complexity index is 1300. The predicted molar refractivity (Wildman–Crippen MR) is 136 cm³/mol. The Balaban J connectivity index is 1.51. The molecule has 4 aromatic rings. The van der Waals surface area contributed by atoms with Crippen LogP contribution in [0.3, 0.4) is 0 Å². The van der Waals surface area contributed by atoms with Crippen LogP contribution in [0.1, 0.15) is 16.7 Å². The summed E-state index contributed by atoms with van der Waals surface area (Å²) in [6, 6.07) is 23.7.